The van der Waals surface area contributed by atoms with E-state index in [4.69, 9.17) is 11.6 Å². The summed E-state index contributed by atoms with van der Waals surface area (Å²) < 4.78 is 25.7. The topological polar surface area (TPSA) is 75.3 Å². The van der Waals surface area contributed by atoms with Crippen LogP contribution in [-0.2, 0) is 10.0 Å². The van der Waals surface area contributed by atoms with Gasteiger partial charge in [0.25, 0.3) is 5.91 Å². The molecule has 0 saturated carbocycles. The van der Waals surface area contributed by atoms with E-state index in [-0.39, 0.29) is 17.7 Å². The van der Waals surface area contributed by atoms with E-state index in [1.807, 2.05) is 19.1 Å². The lowest BCUT2D eigenvalue weighted by Gasteiger charge is -2.15. The molecule has 0 saturated heterocycles. The molecule has 5 nitrogen and oxygen atoms in total. The molecule has 0 heterocycles. The smallest absolute Gasteiger partial charge is 0.251 e. The summed E-state index contributed by atoms with van der Waals surface area (Å²) in [5.74, 6) is -0.313. The second-order valence-electron chi connectivity index (χ2n) is 5.33. The number of rotatable bonds is 6. The van der Waals surface area contributed by atoms with Gasteiger partial charge in [-0.15, -0.1) is 0 Å². The molecule has 2 N–H and O–H groups in total. The minimum Gasteiger partial charge on any atom is -0.346 e. The molecule has 0 spiro atoms. The summed E-state index contributed by atoms with van der Waals surface area (Å²) in [4.78, 5) is 12.4. The van der Waals surface area contributed by atoms with Gasteiger partial charge in [0, 0.05) is 16.3 Å². The summed E-state index contributed by atoms with van der Waals surface area (Å²) in [5, 5.41) is 3.51. The maximum atomic E-state index is 12.4. The Morgan fingerprint density at radius 3 is 2.46 bits per heavy atom. The molecular weight excluding hydrogens is 348 g/mol. The van der Waals surface area contributed by atoms with Crippen LogP contribution in [0.5, 0.6) is 0 Å². The highest BCUT2D eigenvalue weighted by atomic mass is 35.5. The highest BCUT2D eigenvalue weighted by molar-refractivity contribution is 7.92. The minimum atomic E-state index is -3.38. The lowest BCUT2D eigenvalue weighted by molar-refractivity contribution is 0.0940. The Balaban J connectivity index is 2.11. The predicted molar refractivity (Wildman–Crippen MR) is 96.9 cm³/mol. The quantitative estimate of drug-likeness (QED) is 0.820. The third kappa shape index (κ3) is 4.97. The highest BCUT2D eigenvalue weighted by Crippen LogP contribution is 2.18. The molecule has 0 aliphatic carbocycles. The molecule has 2 aromatic rings. The fourth-order valence-corrected chi connectivity index (χ4v) is 2.85. The van der Waals surface area contributed by atoms with E-state index in [0.717, 1.165) is 5.56 Å². The van der Waals surface area contributed by atoms with Crippen molar-refractivity contribution in [3.63, 3.8) is 0 Å². The van der Waals surface area contributed by atoms with E-state index in [1.54, 1.807) is 37.3 Å². The van der Waals surface area contributed by atoms with Gasteiger partial charge in [-0.1, -0.05) is 29.8 Å². The number of nitrogens with one attached hydrogen (secondary N) is 2. The van der Waals surface area contributed by atoms with E-state index in [9.17, 15) is 13.2 Å². The minimum absolute atomic E-state index is 0.0307. The van der Waals surface area contributed by atoms with Gasteiger partial charge in [-0.25, -0.2) is 8.42 Å². The standard InChI is InChI=1S/C17H19ClN2O3S/c1-3-24(22,23)20-16-6-4-5-14(11-16)17(21)19-12(2)13-7-9-15(18)10-8-13/h4-12,20H,3H2,1-2H3,(H,19,21). The Labute approximate surface area is 147 Å². The molecule has 0 radical (unpaired) electrons. The number of anilines is 1. The monoisotopic (exact) mass is 366 g/mol. The van der Waals surface area contributed by atoms with Crippen molar-refractivity contribution >= 4 is 33.2 Å². The number of hydrogen-bond donors (Lipinski definition) is 2. The van der Waals surface area contributed by atoms with Gasteiger partial charge < -0.3 is 5.32 Å². The zero-order chi connectivity index (χ0) is 17.7. The van der Waals surface area contributed by atoms with Crippen LogP contribution in [0, 0.1) is 0 Å². The van der Waals surface area contributed by atoms with E-state index in [2.05, 4.69) is 10.0 Å². The number of benzene rings is 2. The van der Waals surface area contributed by atoms with Gasteiger partial charge >= 0.3 is 0 Å². The molecular formula is C17H19ClN2O3S. The maximum absolute atomic E-state index is 12.4. The first-order valence-electron chi connectivity index (χ1n) is 7.47. The van der Waals surface area contributed by atoms with Crippen LogP contribution in [-0.4, -0.2) is 20.1 Å². The largest absolute Gasteiger partial charge is 0.346 e. The van der Waals surface area contributed by atoms with Crippen LogP contribution < -0.4 is 10.0 Å². The van der Waals surface area contributed by atoms with Gasteiger partial charge in [0.15, 0.2) is 0 Å². The van der Waals surface area contributed by atoms with Gasteiger partial charge in [0.2, 0.25) is 10.0 Å². The van der Waals surface area contributed by atoms with Crippen molar-refractivity contribution in [2.45, 2.75) is 19.9 Å². The highest BCUT2D eigenvalue weighted by Gasteiger charge is 2.13. The fraction of sp³-hybridized carbons (Fsp3) is 0.235. The number of carbonyl (C=O) groups is 1. The Morgan fingerprint density at radius 1 is 1.17 bits per heavy atom. The summed E-state index contributed by atoms with van der Waals surface area (Å²) in [5.41, 5.74) is 1.67. The maximum Gasteiger partial charge on any atom is 0.251 e. The summed E-state index contributed by atoms with van der Waals surface area (Å²) in [7, 11) is -3.38. The van der Waals surface area contributed by atoms with Crippen molar-refractivity contribution in [2.75, 3.05) is 10.5 Å². The van der Waals surface area contributed by atoms with E-state index in [0.29, 0.717) is 16.3 Å². The van der Waals surface area contributed by atoms with Crippen molar-refractivity contribution < 1.29 is 13.2 Å². The summed E-state index contributed by atoms with van der Waals surface area (Å²) in [6, 6.07) is 13.4. The lowest BCUT2D eigenvalue weighted by Crippen LogP contribution is -2.26. The zero-order valence-corrected chi connectivity index (χ0v) is 15.0. The lowest BCUT2D eigenvalue weighted by atomic mass is 10.1. The molecule has 1 unspecified atom stereocenters. The van der Waals surface area contributed by atoms with Crippen molar-refractivity contribution in [1.82, 2.24) is 5.32 Å². The number of carbonyl (C=O) groups excluding carboxylic acids is 1. The Morgan fingerprint density at radius 2 is 1.83 bits per heavy atom. The van der Waals surface area contributed by atoms with E-state index >= 15 is 0 Å². The van der Waals surface area contributed by atoms with E-state index in [1.165, 1.54) is 6.07 Å². The van der Waals surface area contributed by atoms with Gasteiger partial charge in [0.05, 0.1) is 11.8 Å². The van der Waals surface area contributed by atoms with Crippen molar-refractivity contribution in [3.05, 3.63) is 64.7 Å². The number of sulfonamides is 1. The third-order valence-electron chi connectivity index (χ3n) is 3.50. The summed E-state index contributed by atoms with van der Waals surface area (Å²) in [6.45, 7) is 3.41. The van der Waals surface area contributed by atoms with Gasteiger partial charge in [0.1, 0.15) is 0 Å². The van der Waals surface area contributed by atoms with Crippen molar-refractivity contribution in [1.29, 1.82) is 0 Å². The Hall–Kier alpha value is -2.05. The second-order valence-corrected chi connectivity index (χ2v) is 7.78. The van der Waals surface area contributed by atoms with Crippen LogP contribution in [0.2, 0.25) is 5.02 Å². The molecule has 24 heavy (non-hydrogen) atoms. The number of hydrogen-bond acceptors (Lipinski definition) is 3. The predicted octanol–water partition coefficient (Wildman–Crippen LogP) is 3.59. The van der Waals surface area contributed by atoms with Gasteiger partial charge in [-0.05, 0) is 49.7 Å². The molecule has 1 atom stereocenters. The second kappa shape index (κ2) is 7.68. The zero-order valence-electron chi connectivity index (χ0n) is 13.4. The van der Waals surface area contributed by atoms with Crippen LogP contribution in [0.15, 0.2) is 48.5 Å². The first-order valence-corrected chi connectivity index (χ1v) is 9.50. The van der Waals surface area contributed by atoms with Crippen LogP contribution in [0.4, 0.5) is 5.69 Å². The average Bonchev–Trinajstić information content (AvgIpc) is 2.55. The van der Waals surface area contributed by atoms with Crippen molar-refractivity contribution in [2.24, 2.45) is 0 Å². The third-order valence-corrected chi connectivity index (χ3v) is 5.05. The first kappa shape index (κ1) is 18.3. The molecule has 128 valence electrons. The van der Waals surface area contributed by atoms with E-state index < -0.39 is 10.0 Å². The van der Waals surface area contributed by atoms with Crippen LogP contribution >= 0.6 is 11.6 Å². The van der Waals surface area contributed by atoms with Crippen LogP contribution in [0.25, 0.3) is 0 Å². The summed E-state index contributed by atoms with van der Waals surface area (Å²) in [6.07, 6.45) is 0. The number of amides is 1. The molecule has 0 bridgehead atoms. The molecule has 0 aromatic heterocycles. The molecule has 0 aliphatic rings. The van der Waals surface area contributed by atoms with Gasteiger partial charge in [-0.2, -0.15) is 0 Å². The Bertz CT molecular complexity index is 820. The van der Waals surface area contributed by atoms with Crippen molar-refractivity contribution in [3.8, 4) is 0 Å². The molecule has 0 fully saturated rings. The molecule has 7 heteroatoms. The first-order chi connectivity index (χ1) is 11.3. The summed E-state index contributed by atoms with van der Waals surface area (Å²) >= 11 is 5.86. The normalized spacial score (nSPS) is 12.5. The molecule has 2 aromatic carbocycles. The number of halogens is 1. The SMILES string of the molecule is CCS(=O)(=O)Nc1cccc(C(=O)NC(C)c2ccc(Cl)cc2)c1. The molecule has 2 rings (SSSR count). The fourth-order valence-electron chi connectivity index (χ4n) is 2.09. The molecule has 0 aliphatic heterocycles. The Kier molecular flexibility index (Phi) is 5.85. The average molecular weight is 367 g/mol. The molecule has 1 amide bonds. The van der Waals surface area contributed by atoms with Gasteiger partial charge in [-0.3, -0.25) is 9.52 Å². The van der Waals surface area contributed by atoms with Crippen LogP contribution in [0.1, 0.15) is 35.8 Å². The van der Waals surface area contributed by atoms with Crippen LogP contribution in [0.3, 0.4) is 0 Å².